The molecule has 3 aromatic rings. The number of pyridine rings is 1. The number of rotatable bonds is 3. The lowest BCUT2D eigenvalue weighted by atomic mass is 9.98. The normalized spacial score (nSPS) is 11.3. The molecule has 3 rings (SSSR count). The number of ketones is 1. The van der Waals surface area contributed by atoms with Gasteiger partial charge >= 0.3 is 0 Å². The van der Waals surface area contributed by atoms with E-state index >= 15 is 0 Å². The zero-order valence-corrected chi connectivity index (χ0v) is 14.0. The largest absolute Gasteiger partial charge is 0.508 e. The Balaban J connectivity index is 2.27. The maximum absolute atomic E-state index is 13.0. The molecule has 0 saturated heterocycles. The van der Waals surface area contributed by atoms with E-state index in [0.717, 1.165) is 15.6 Å². The highest BCUT2D eigenvalue weighted by atomic mass is 79.9. The zero-order chi connectivity index (χ0) is 15.9. The molecular weight excluding hydrogens is 342 g/mol. The van der Waals surface area contributed by atoms with Gasteiger partial charge in [-0.1, -0.05) is 19.9 Å². The zero-order valence-electron chi connectivity index (χ0n) is 12.4. The van der Waals surface area contributed by atoms with Gasteiger partial charge in [0.05, 0.1) is 11.2 Å². The summed E-state index contributed by atoms with van der Waals surface area (Å²) >= 11 is 3.64. The minimum absolute atomic E-state index is 0.0457. The SMILES string of the molecule is CC(C)c1c(Br)c2ccccn2c1C(=O)c1ccc(O)cc1. The highest BCUT2D eigenvalue weighted by molar-refractivity contribution is 9.10. The molecule has 0 unspecified atom stereocenters. The number of phenolic OH excluding ortho intramolecular Hbond substituents is 1. The van der Waals surface area contributed by atoms with Crippen molar-refractivity contribution in [1.82, 2.24) is 4.40 Å². The predicted molar refractivity (Wildman–Crippen MR) is 90.7 cm³/mol. The Morgan fingerprint density at radius 2 is 1.82 bits per heavy atom. The number of nitrogens with zero attached hydrogens (tertiary/aromatic N) is 1. The molecule has 0 fully saturated rings. The Kier molecular flexibility index (Phi) is 3.79. The highest BCUT2D eigenvalue weighted by Crippen LogP contribution is 2.35. The maximum Gasteiger partial charge on any atom is 0.210 e. The lowest BCUT2D eigenvalue weighted by Gasteiger charge is -2.09. The molecule has 0 aliphatic heterocycles. The van der Waals surface area contributed by atoms with E-state index in [4.69, 9.17) is 0 Å². The first-order valence-corrected chi connectivity index (χ1v) is 7.92. The third-order valence-corrected chi connectivity index (χ3v) is 4.57. The standard InChI is InChI=1S/C18H16BrNO2/c1-11(2)15-16(19)14-5-3-4-10-20(14)17(15)18(22)12-6-8-13(21)9-7-12/h3-11,21H,1-2H3. The van der Waals surface area contributed by atoms with Crippen LogP contribution in [0, 0.1) is 0 Å². The molecule has 0 amide bonds. The van der Waals surface area contributed by atoms with Crippen LogP contribution in [-0.4, -0.2) is 15.3 Å². The summed E-state index contributed by atoms with van der Waals surface area (Å²) in [7, 11) is 0. The summed E-state index contributed by atoms with van der Waals surface area (Å²) in [5.41, 5.74) is 3.22. The number of benzene rings is 1. The third kappa shape index (κ3) is 2.33. The average molecular weight is 358 g/mol. The summed E-state index contributed by atoms with van der Waals surface area (Å²) in [6, 6.07) is 12.2. The predicted octanol–water partition coefficient (Wildman–Crippen LogP) is 4.76. The van der Waals surface area contributed by atoms with E-state index in [0.29, 0.717) is 11.3 Å². The van der Waals surface area contributed by atoms with Gasteiger partial charge in [-0.2, -0.15) is 0 Å². The molecule has 3 nitrogen and oxygen atoms in total. The van der Waals surface area contributed by atoms with E-state index in [-0.39, 0.29) is 17.5 Å². The molecule has 0 spiro atoms. The van der Waals surface area contributed by atoms with Crippen LogP contribution in [0.1, 0.15) is 41.4 Å². The van der Waals surface area contributed by atoms with Crippen molar-refractivity contribution < 1.29 is 9.90 Å². The monoisotopic (exact) mass is 357 g/mol. The van der Waals surface area contributed by atoms with E-state index in [1.54, 1.807) is 12.1 Å². The molecule has 2 heterocycles. The van der Waals surface area contributed by atoms with E-state index in [1.165, 1.54) is 12.1 Å². The van der Waals surface area contributed by atoms with Gasteiger partial charge < -0.3 is 9.51 Å². The van der Waals surface area contributed by atoms with Crippen molar-refractivity contribution >= 4 is 27.2 Å². The molecule has 0 aliphatic carbocycles. The quantitative estimate of drug-likeness (QED) is 0.686. The van der Waals surface area contributed by atoms with Crippen LogP contribution in [0.2, 0.25) is 0 Å². The molecule has 112 valence electrons. The van der Waals surface area contributed by atoms with Crippen LogP contribution in [0.15, 0.2) is 53.1 Å². The molecule has 0 aliphatic rings. The van der Waals surface area contributed by atoms with Gasteiger partial charge in [-0.3, -0.25) is 4.79 Å². The Morgan fingerprint density at radius 3 is 2.45 bits per heavy atom. The maximum atomic E-state index is 13.0. The van der Waals surface area contributed by atoms with Gasteiger partial charge in [0.15, 0.2) is 0 Å². The van der Waals surface area contributed by atoms with Gasteiger partial charge in [-0.25, -0.2) is 0 Å². The fourth-order valence-corrected chi connectivity index (χ4v) is 3.67. The van der Waals surface area contributed by atoms with Gasteiger partial charge in [0, 0.05) is 16.2 Å². The summed E-state index contributed by atoms with van der Waals surface area (Å²) in [5.74, 6) is 0.322. The van der Waals surface area contributed by atoms with Gasteiger partial charge in [-0.05, 0) is 63.8 Å². The average Bonchev–Trinajstić information content (AvgIpc) is 2.81. The number of phenols is 1. The summed E-state index contributed by atoms with van der Waals surface area (Å²) < 4.78 is 2.89. The van der Waals surface area contributed by atoms with Gasteiger partial charge in [-0.15, -0.1) is 0 Å². The molecule has 4 heteroatoms. The second-order valence-electron chi connectivity index (χ2n) is 5.56. The van der Waals surface area contributed by atoms with Gasteiger partial charge in [0.25, 0.3) is 0 Å². The van der Waals surface area contributed by atoms with Crippen LogP contribution < -0.4 is 0 Å². The molecule has 0 atom stereocenters. The van der Waals surface area contributed by atoms with E-state index in [9.17, 15) is 9.90 Å². The smallest absolute Gasteiger partial charge is 0.210 e. The Hall–Kier alpha value is -2.07. The molecule has 1 aromatic carbocycles. The second kappa shape index (κ2) is 5.61. The molecule has 1 N–H and O–H groups in total. The Labute approximate surface area is 137 Å². The topological polar surface area (TPSA) is 41.7 Å². The summed E-state index contributed by atoms with van der Waals surface area (Å²) in [6.45, 7) is 4.15. The second-order valence-corrected chi connectivity index (χ2v) is 6.36. The number of aromatic hydroxyl groups is 1. The summed E-state index contributed by atoms with van der Waals surface area (Å²) in [4.78, 5) is 13.0. The van der Waals surface area contributed by atoms with Crippen LogP contribution >= 0.6 is 15.9 Å². The van der Waals surface area contributed by atoms with Gasteiger partial charge in [0.1, 0.15) is 5.75 Å². The highest BCUT2D eigenvalue weighted by Gasteiger charge is 2.24. The first kappa shape index (κ1) is 14.9. The Morgan fingerprint density at radius 1 is 1.14 bits per heavy atom. The van der Waals surface area contributed by atoms with Crippen LogP contribution in [-0.2, 0) is 0 Å². The Bertz CT molecular complexity index is 847. The molecule has 0 radical (unpaired) electrons. The summed E-state index contributed by atoms with van der Waals surface area (Å²) in [5, 5.41) is 9.40. The van der Waals surface area contributed by atoms with Crippen molar-refractivity contribution in [2.75, 3.05) is 0 Å². The lowest BCUT2D eigenvalue weighted by molar-refractivity contribution is 0.103. The third-order valence-electron chi connectivity index (χ3n) is 3.74. The van der Waals surface area contributed by atoms with Crippen LogP contribution in [0.25, 0.3) is 5.52 Å². The number of hydrogen-bond acceptors (Lipinski definition) is 2. The molecule has 2 aromatic heterocycles. The number of halogens is 1. The van der Waals surface area contributed by atoms with E-state index in [1.807, 2.05) is 28.8 Å². The van der Waals surface area contributed by atoms with Crippen molar-refractivity contribution in [2.45, 2.75) is 19.8 Å². The van der Waals surface area contributed by atoms with Gasteiger partial charge in [0.2, 0.25) is 5.78 Å². The fraction of sp³-hybridized carbons (Fsp3) is 0.167. The number of fused-ring (bicyclic) bond motifs is 1. The number of carbonyl (C=O) groups excluding carboxylic acids is 1. The number of aromatic nitrogens is 1. The minimum Gasteiger partial charge on any atom is -0.508 e. The van der Waals surface area contributed by atoms with Crippen molar-refractivity contribution in [3.05, 3.63) is 70.0 Å². The molecule has 22 heavy (non-hydrogen) atoms. The van der Waals surface area contributed by atoms with Crippen molar-refractivity contribution in [1.29, 1.82) is 0 Å². The van der Waals surface area contributed by atoms with E-state index < -0.39 is 0 Å². The summed E-state index contributed by atoms with van der Waals surface area (Å²) in [6.07, 6.45) is 1.90. The van der Waals surface area contributed by atoms with Crippen LogP contribution in [0.4, 0.5) is 0 Å². The molecular formula is C18H16BrNO2. The fourth-order valence-electron chi connectivity index (χ4n) is 2.70. The lowest BCUT2D eigenvalue weighted by Crippen LogP contribution is -2.08. The van der Waals surface area contributed by atoms with Crippen LogP contribution in [0.5, 0.6) is 5.75 Å². The van der Waals surface area contributed by atoms with Crippen molar-refractivity contribution in [3.63, 3.8) is 0 Å². The molecule has 0 bridgehead atoms. The van der Waals surface area contributed by atoms with Crippen LogP contribution in [0.3, 0.4) is 0 Å². The number of hydrogen-bond donors (Lipinski definition) is 1. The molecule has 0 saturated carbocycles. The van der Waals surface area contributed by atoms with Crippen molar-refractivity contribution in [3.8, 4) is 5.75 Å². The van der Waals surface area contributed by atoms with Crippen molar-refractivity contribution in [2.24, 2.45) is 0 Å². The first-order chi connectivity index (χ1) is 10.5. The minimum atomic E-state index is -0.0457. The van der Waals surface area contributed by atoms with E-state index in [2.05, 4.69) is 29.8 Å². The first-order valence-electron chi connectivity index (χ1n) is 7.13. The number of carbonyl (C=O) groups is 1.